The van der Waals surface area contributed by atoms with E-state index in [2.05, 4.69) is 9.97 Å². The fourth-order valence-electron chi connectivity index (χ4n) is 0.999. The monoisotopic (exact) mass is 170 g/mol. The molecule has 1 aromatic rings. The average molecular weight is 171 g/mol. The summed E-state index contributed by atoms with van der Waals surface area (Å²) < 4.78 is 5.02. The van der Waals surface area contributed by atoms with Crippen LogP contribution in [-0.2, 0) is 4.74 Å². The maximum atomic E-state index is 5.80. The lowest BCUT2D eigenvalue weighted by Gasteiger charge is -2.25. The van der Waals surface area contributed by atoms with Crippen molar-refractivity contribution in [2.45, 2.75) is 5.92 Å². The zero-order chi connectivity index (χ0) is 7.68. The van der Waals surface area contributed by atoms with Gasteiger partial charge in [0.1, 0.15) is 0 Å². The van der Waals surface area contributed by atoms with E-state index in [1.54, 1.807) is 12.4 Å². The van der Waals surface area contributed by atoms with Gasteiger partial charge in [-0.3, -0.25) is 4.98 Å². The molecule has 0 spiro atoms. The van der Waals surface area contributed by atoms with Gasteiger partial charge in [-0.25, -0.2) is 4.98 Å². The summed E-state index contributed by atoms with van der Waals surface area (Å²) in [4.78, 5) is 8.06. The van der Waals surface area contributed by atoms with E-state index < -0.39 is 0 Å². The Bertz CT molecular complexity index is 262. The lowest BCUT2D eigenvalue weighted by atomic mass is 10.1. The van der Waals surface area contributed by atoms with E-state index >= 15 is 0 Å². The summed E-state index contributed by atoms with van der Waals surface area (Å²) in [5, 5.41) is 0.501. The molecule has 11 heavy (non-hydrogen) atoms. The van der Waals surface area contributed by atoms with E-state index in [0.717, 1.165) is 18.9 Å². The van der Waals surface area contributed by atoms with Gasteiger partial charge < -0.3 is 4.74 Å². The predicted molar refractivity (Wildman–Crippen MR) is 40.6 cm³/mol. The second kappa shape index (κ2) is 2.75. The van der Waals surface area contributed by atoms with Crippen LogP contribution >= 0.6 is 11.6 Å². The molecule has 1 aliphatic heterocycles. The summed E-state index contributed by atoms with van der Waals surface area (Å²) in [6, 6.07) is 0. The Morgan fingerprint density at radius 1 is 1.36 bits per heavy atom. The molecule has 2 heterocycles. The number of ether oxygens (including phenoxy) is 1. The molecule has 0 saturated carbocycles. The summed E-state index contributed by atoms with van der Waals surface area (Å²) in [5.41, 5.74) is 0.861. The first-order valence-electron chi connectivity index (χ1n) is 3.42. The zero-order valence-corrected chi connectivity index (χ0v) is 6.58. The molecular formula is C7H7ClN2O. The summed E-state index contributed by atoms with van der Waals surface area (Å²) in [7, 11) is 0. The summed E-state index contributed by atoms with van der Waals surface area (Å²) in [6.45, 7) is 1.44. The van der Waals surface area contributed by atoms with E-state index in [0.29, 0.717) is 11.1 Å². The molecule has 0 unspecified atom stereocenters. The first-order valence-corrected chi connectivity index (χ1v) is 3.80. The highest BCUT2D eigenvalue weighted by atomic mass is 35.5. The molecule has 4 heteroatoms. The van der Waals surface area contributed by atoms with Gasteiger partial charge in [0, 0.05) is 12.4 Å². The highest BCUT2D eigenvalue weighted by Gasteiger charge is 2.24. The number of aromatic nitrogens is 2. The molecule has 1 aliphatic rings. The number of hydrogen-bond donors (Lipinski definition) is 0. The van der Waals surface area contributed by atoms with E-state index in [4.69, 9.17) is 16.3 Å². The largest absolute Gasteiger partial charge is 0.380 e. The second-order valence-corrected chi connectivity index (χ2v) is 2.82. The van der Waals surface area contributed by atoms with Crippen molar-refractivity contribution in [3.63, 3.8) is 0 Å². The van der Waals surface area contributed by atoms with Crippen molar-refractivity contribution in [1.82, 2.24) is 9.97 Å². The Balaban J connectivity index is 2.28. The van der Waals surface area contributed by atoms with Crippen LogP contribution in [0.2, 0.25) is 5.15 Å². The average Bonchev–Trinajstić information content (AvgIpc) is 1.90. The summed E-state index contributed by atoms with van der Waals surface area (Å²) >= 11 is 5.80. The number of nitrogens with zero attached hydrogens (tertiary/aromatic N) is 2. The third kappa shape index (κ3) is 1.21. The molecule has 58 valence electrons. The van der Waals surface area contributed by atoms with Crippen molar-refractivity contribution in [2.24, 2.45) is 0 Å². The third-order valence-electron chi connectivity index (χ3n) is 1.70. The van der Waals surface area contributed by atoms with Crippen LogP contribution in [0, 0.1) is 0 Å². The minimum atomic E-state index is 0.358. The molecule has 1 aromatic heterocycles. The molecule has 0 aliphatic carbocycles. The molecule has 0 N–H and O–H groups in total. The molecule has 0 amide bonds. The Hall–Kier alpha value is -0.670. The van der Waals surface area contributed by atoms with Crippen LogP contribution in [0.3, 0.4) is 0 Å². The molecule has 0 bridgehead atoms. The van der Waals surface area contributed by atoms with Crippen molar-refractivity contribution >= 4 is 11.6 Å². The van der Waals surface area contributed by atoms with Crippen molar-refractivity contribution in [1.29, 1.82) is 0 Å². The second-order valence-electron chi connectivity index (χ2n) is 2.47. The zero-order valence-electron chi connectivity index (χ0n) is 5.83. The van der Waals surface area contributed by atoms with Gasteiger partial charge in [0.2, 0.25) is 0 Å². The quantitative estimate of drug-likeness (QED) is 0.636. The molecule has 0 atom stereocenters. The van der Waals surface area contributed by atoms with Crippen LogP contribution in [0.15, 0.2) is 12.4 Å². The number of hydrogen-bond acceptors (Lipinski definition) is 3. The van der Waals surface area contributed by atoms with Crippen molar-refractivity contribution in [2.75, 3.05) is 13.2 Å². The molecule has 0 aromatic carbocycles. The fraction of sp³-hybridized carbons (Fsp3) is 0.429. The highest BCUT2D eigenvalue weighted by molar-refractivity contribution is 6.30. The normalized spacial score (nSPS) is 17.9. The third-order valence-corrected chi connectivity index (χ3v) is 2.00. The van der Waals surface area contributed by atoms with Crippen LogP contribution in [-0.4, -0.2) is 23.2 Å². The SMILES string of the molecule is Clc1nccnc1C1COC1. The van der Waals surface area contributed by atoms with E-state index in [1.165, 1.54) is 0 Å². The van der Waals surface area contributed by atoms with Crippen LogP contribution in [0.4, 0.5) is 0 Å². The van der Waals surface area contributed by atoms with Crippen LogP contribution < -0.4 is 0 Å². The first kappa shape index (κ1) is 7.00. The molecular weight excluding hydrogens is 164 g/mol. The molecule has 2 rings (SSSR count). The topological polar surface area (TPSA) is 35.0 Å². The van der Waals surface area contributed by atoms with Gasteiger partial charge in [0.25, 0.3) is 0 Å². The van der Waals surface area contributed by atoms with Gasteiger partial charge in [-0.15, -0.1) is 0 Å². The van der Waals surface area contributed by atoms with Crippen LogP contribution in [0.25, 0.3) is 0 Å². The first-order chi connectivity index (χ1) is 5.38. The van der Waals surface area contributed by atoms with Crippen molar-refractivity contribution in [3.05, 3.63) is 23.2 Å². The van der Waals surface area contributed by atoms with Gasteiger partial charge in [-0.05, 0) is 0 Å². The smallest absolute Gasteiger partial charge is 0.150 e. The van der Waals surface area contributed by atoms with E-state index in [1.807, 2.05) is 0 Å². The lowest BCUT2D eigenvalue weighted by Crippen LogP contribution is -2.26. The molecule has 0 radical (unpaired) electrons. The molecule has 1 saturated heterocycles. The van der Waals surface area contributed by atoms with Crippen molar-refractivity contribution < 1.29 is 4.74 Å². The minimum absolute atomic E-state index is 0.358. The highest BCUT2D eigenvalue weighted by Crippen LogP contribution is 2.25. The Morgan fingerprint density at radius 2 is 2.09 bits per heavy atom. The number of halogens is 1. The maximum absolute atomic E-state index is 5.80. The van der Waals surface area contributed by atoms with Gasteiger partial charge in [-0.2, -0.15) is 0 Å². The van der Waals surface area contributed by atoms with Gasteiger partial charge in [0.15, 0.2) is 5.15 Å². The van der Waals surface area contributed by atoms with Gasteiger partial charge >= 0.3 is 0 Å². The predicted octanol–water partition coefficient (Wildman–Crippen LogP) is 1.24. The summed E-state index contributed by atoms with van der Waals surface area (Å²) in [5.74, 6) is 0.358. The molecule has 3 nitrogen and oxygen atoms in total. The Kier molecular flexibility index (Phi) is 1.75. The lowest BCUT2D eigenvalue weighted by molar-refractivity contribution is 0.00660. The summed E-state index contributed by atoms with van der Waals surface area (Å²) in [6.07, 6.45) is 3.24. The van der Waals surface area contributed by atoms with Crippen molar-refractivity contribution in [3.8, 4) is 0 Å². The van der Waals surface area contributed by atoms with E-state index in [9.17, 15) is 0 Å². The van der Waals surface area contributed by atoms with Gasteiger partial charge in [-0.1, -0.05) is 11.6 Å². The standard InChI is InChI=1S/C7H7ClN2O/c8-7-6(5-3-11-4-5)9-1-2-10-7/h1-2,5H,3-4H2. The maximum Gasteiger partial charge on any atom is 0.150 e. The number of rotatable bonds is 1. The van der Waals surface area contributed by atoms with Crippen LogP contribution in [0.1, 0.15) is 11.6 Å². The minimum Gasteiger partial charge on any atom is -0.380 e. The Morgan fingerprint density at radius 3 is 2.64 bits per heavy atom. The van der Waals surface area contributed by atoms with Crippen LogP contribution in [0.5, 0.6) is 0 Å². The Labute approximate surface area is 69.4 Å². The fourth-order valence-corrected chi connectivity index (χ4v) is 1.26. The van der Waals surface area contributed by atoms with Gasteiger partial charge in [0.05, 0.1) is 24.8 Å². The van der Waals surface area contributed by atoms with E-state index in [-0.39, 0.29) is 0 Å². The molecule has 1 fully saturated rings.